The lowest BCUT2D eigenvalue weighted by Crippen LogP contribution is -2.57. The van der Waals surface area contributed by atoms with Gasteiger partial charge in [0.05, 0.1) is 0 Å². The Morgan fingerprint density at radius 3 is 2.48 bits per heavy atom. The monoisotopic (exact) mass is 363 g/mol. The Kier molecular flexibility index (Phi) is 5.17. The zero-order valence-electron chi connectivity index (χ0n) is 16.2. The number of benzene rings is 2. The van der Waals surface area contributed by atoms with Crippen LogP contribution in [0.1, 0.15) is 36.8 Å². The Hall–Kier alpha value is -2.33. The second kappa shape index (κ2) is 7.73. The van der Waals surface area contributed by atoms with E-state index in [0.717, 1.165) is 38.3 Å². The molecule has 27 heavy (non-hydrogen) atoms. The van der Waals surface area contributed by atoms with Crippen LogP contribution in [0, 0.1) is 6.92 Å². The normalized spacial score (nSPS) is 22.9. The Morgan fingerprint density at radius 2 is 1.70 bits per heavy atom. The van der Waals surface area contributed by atoms with Gasteiger partial charge in [-0.25, -0.2) is 4.79 Å². The van der Waals surface area contributed by atoms with E-state index >= 15 is 0 Å². The van der Waals surface area contributed by atoms with Crippen LogP contribution < -0.4 is 5.32 Å². The second-order valence-corrected chi connectivity index (χ2v) is 8.00. The third-order valence-electron chi connectivity index (χ3n) is 6.23. The van der Waals surface area contributed by atoms with Crippen LogP contribution in [0.2, 0.25) is 0 Å². The molecule has 0 bridgehead atoms. The number of hydrogen-bond acceptors (Lipinski definition) is 2. The number of aryl methyl sites for hydroxylation is 1. The van der Waals surface area contributed by atoms with Crippen LogP contribution in [0.25, 0.3) is 0 Å². The highest BCUT2D eigenvalue weighted by atomic mass is 16.2. The maximum absolute atomic E-state index is 12.8. The number of rotatable bonds is 3. The van der Waals surface area contributed by atoms with E-state index in [2.05, 4.69) is 41.4 Å². The molecule has 0 radical (unpaired) electrons. The van der Waals surface area contributed by atoms with E-state index in [4.69, 9.17) is 0 Å². The molecule has 1 spiro atoms. The number of amides is 2. The highest BCUT2D eigenvalue weighted by molar-refractivity contribution is 5.89. The van der Waals surface area contributed by atoms with E-state index in [1.54, 1.807) is 0 Å². The van der Waals surface area contributed by atoms with Crippen molar-refractivity contribution in [1.29, 1.82) is 0 Å². The second-order valence-electron chi connectivity index (χ2n) is 8.00. The van der Waals surface area contributed by atoms with E-state index < -0.39 is 0 Å². The molecule has 2 aromatic rings. The summed E-state index contributed by atoms with van der Waals surface area (Å²) in [4.78, 5) is 17.5. The lowest BCUT2D eigenvalue weighted by atomic mass is 9.86. The summed E-state index contributed by atoms with van der Waals surface area (Å²) in [6.45, 7) is 5.98. The molecule has 2 heterocycles. The number of nitrogens with zero attached hydrogens (tertiary/aromatic N) is 2. The summed E-state index contributed by atoms with van der Waals surface area (Å²) < 4.78 is 0. The van der Waals surface area contributed by atoms with Gasteiger partial charge in [0.25, 0.3) is 0 Å². The first-order valence-electron chi connectivity index (χ1n) is 10.1. The van der Waals surface area contributed by atoms with Crippen molar-refractivity contribution in [3.8, 4) is 0 Å². The number of carbonyl (C=O) groups excluding carboxylic acids is 1. The van der Waals surface area contributed by atoms with Crippen molar-refractivity contribution in [2.24, 2.45) is 0 Å². The van der Waals surface area contributed by atoms with Crippen LogP contribution in [0.4, 0.5) is 10.5 Å². The lowest BCUT2D eigenvalue weighted by molar-refractivity contribution is 0.0533. The smallest absolute Gasteiger partial charge is 0.321 e. The number of carbonyl (C=O) groups is 1. The van der Waals surface area contributed by atoms with Crippen LogP contribution in [0.5, 0.6) is 0 Å². The maximum Gasteiger partial charge on any atom is 0.321 e. The average molecular weight is 364 g/mol. The van der Waals surface area contributed by atoms with E-state index in [1.165, 1.54) is 30.4 Å². The quantitative estimate of drug-likeness (QED) is 0.861. The molecule has 2 amide bonds. The fraction of sp³-hybridized carbons (Fsp3) is 0.435. The van der Waals surface area contributed by atoms with Crippen molar-refractivity contribution < 1.29 is 4.79 Å². The van der Waals surface area contributed by atoms with Crippen LogP contribution in [-0.4, -0.2) is 41.0 Å². The zero-order chi connectivity index (χ0) is 18.7. The molecule has 2 aromatic carbocycles. The highest BCUT2D eigenvalue weighted by Crippen LogP contribution is 2.38. The molecule has 2 saturated heterocycles. The molecular formula is C23H29N3O. The average Bonchev–Trinajstić information content (AvgIpc) is 3.06. The standard InChI is InChI=1S/C23H29N3O/c1-19-9-5-6-10-20(19)17-26-16-8-14-23(26)13-7-15-25(18-23)22(27)24-21-11-3-2-4-12-21/h2-6,9-12H,7-8,13-18H2,1H3,(H,24,27). The van der Waals surface area contributed by atoms with Crippen molar-refractivity contribution in [3.63, 3.8) is 0 Å². The van der Waals surface area contributed by atoms with E-state index in [9.17, 15) is 4.79 Å². The highest BCUT2D eigenvalue weighted by Gasteiger charge is 2.44. The first kappa shape index (κ1) is 18.1. The molecular weight excluding hydrogens is 334 g/mol. The largest absolute Gasteiger partial charge is 0.323 e. The number of urea groups is 1. The minimum Gasteiger partial charge on any atom is -0.323 e. The fourth-order valence-electron chi connectivity index (χ4n) is 4.71. The predicted molar refractivity (Wildman–Crippen MR) is 110 cm³/mol. The van der Waals surface area contributed by atoms with Gasteiger partial charge >= 0.3 is 6.03 Å². The maximum atomic E-state index is 12.8. The summed E-state index contributed by atoms with van der Waals surface area (Å²) in [5, 5.41) is 3.06. The lowest BCUT2D eigenvalue weighted by Gasteiger charge is -2.46. The molecule has 4 heteroatoms. The molecule has 2 aliphatic rings. The van der Waals surface area contributed by atoms with Crippen molar-refractivity contribution in [3.05, 3.63) is 65.7 Å². The van der Waals surface area contributed by atoms with Crippen molar-refractivity contribution in [2.45, 2.75) is 44.7 Å². The molecule has 0 aromatic heterocycles. The molecule has 2 aliphatic heterocycles. The van der Waals surface area contributed by atoms with Crippen molar-refractivity contribution in [1.82, 2.24) is 9.80 Å². The molecule has 2 fully saturated rings. The summed E-state index contributed by atoms with van der Waals surface area (Å²) in [6.07, 6.45) is 4.68. The van der Waals surface area contributed by atoms with Gasteiger partial charge in [-0.1, -0.05) is 42.5 Å². The molecule has 1 N–H and O–H groups in total. The Balaban J connectivity index is 1.47. The fourth-order valence-corrected chi connectivity index (χ4v) is 4.71. The van der Waals surface area contributed by atoms with Gasteiger partial charge in [0, 0.05) is 30.9 Å². The molecule has 142 valence electrons. The van der Waals surface area contributed by atoms with Gasteiger partial charge in [0.15, 0.2) is 0 Å². The zero-order valence-corrected chi connectivity index (χ0v) is 16.2. The summed E-state index contributed by atoms with van der Waals surface area (Å²) in [7, 11) is 0. The summed E-state index contributed by atoms with van der Waals surface area (Å²) in [5.41, 5.74) is 3.76. The first-order chi connectivity index (χ1) is 13.2. The molecule has 0 saturated carbocycles. The third-order valence-corrected chi connectivity index (χ3v) is 6.23. The van der Waals surface area contributed by atoms with Crippen LogP contribution in [0.3, 0.4) is 0 Å². The number of para-hydroxylation sites is 1. The topological polar surface area (TPSA) is 35.6 Å². The molecule has 1 atom stereocenters. The minimum absolute atomic E-state index is 0.0306. The summed E-state index contributed by atoms with van der Waals surface area (Å²) >= 11 is 0. The van der Waals surface area contributed by atoms with Crippen LogP contribution in [0.15, 0.2) is 54.6 Å². The summed E-state index contributed by atoms with van der Waals surface area (Å²) in [5.74, 6) is 0. The summed E-state index contributed by atoms with van der Waals surface area (Å²) in [6, 6.07) is 18.5. The molecule has 4 rings (SSSR count). The predicted octanol–water partition coefficient (Wildman–Crippen LogP) is 4.66. The van der Waals surface area contributed by atoms with Gasteiger partial charge in [-0.2, -0.15) is 0 Å². The van der Waals surface area contributed by atoms with Crippen molar-refractivity contribution in [2.75, 3.05) is 25.0 Å². The Morgan fingerprint density at radius 1 is 1.00 bits per heavy atom. The Bertz CT molecular complexity index is 791. The van der Waals surface area contributed by atoms with E-state index in [1.807, 2.05) is 35.2 Å². The Labute approximate surface area is 162 Å². The van der Waals surface area contributed by atoms with Gasteiger partial charge in [-0.15, -0.1) is 0 Å². The number of hydrogen-bond donors (Lipinski definition) is 1. The van der Waals surface area contributed by atoms with E-state index in [0.29, 0.717) is 0 Å². The van der Waals surface area contributed by atoms with Gasteiger partial charge < -0.3 is 10.2 Å². The molecule has 0 aliphatic carbocycles. The molecule has 1 unspecified atom stereocenters. The van der Waals surface area contributed by atoms with E-state index in [-0.39, 0.29) is 11.6 Å². The van der Waals surface area contributed by atoms with Crippen LogP contribution in [-0.2, 0) is 6.54 Å². The SMILES string of the molecule is Cc1ccccc1CN1CCCC12CCCN(C(=O)Nc1ccccc1)C2. The number of piperidine rings is 1. The first-order valence-corrected chi connectivity index (χ1v) is 10.1. The van der Waals surface area contributed by atoms with Crippen molar-refractivity contribution >= 4 is 11.7 Å². The van der Waals surface area contributed by atoms with Crippen LogP contribution >= 0.6 is 0 Å². The van der Waals surface area contributed by atoms with Gasteiger partial charge in [-0.05, 0) is 62.4 Å². The van der Waals surface area contributed by atoms with Gasteiger partial charge in [-0.3, -0.25) is 4.90 Å². The minimum atomic E-state index is 0.0306. The number of nitrogens with one attached hydrogen (secondary N) is 1. The number of likely N-dealkylation sites (tertiary alicyclic amines) is 2. The third kappa shape index (κ3) is 3.86. The van der Waals surface area contributed by atoms with Gasteiger partial charge in [0.1, 0.15) is 0 Å². The molecule has 4 nitrogen and oxygen atoms in total. The van der Waals surface area contributed by atoms with Gasteiger partial charge in [0.2, 0.25) is 0 Å². The number of anilines is 1.